The van der Waals surface area contributed by atoms with Gasteiger partial charge in [-0.25, -0.2) is 5.43 Å². The second kappa shape index (κ2) is 10.5. The lowest BCUT2D eigenvalue weighted by molar-refractivity contribution is -0.384. The number of methoxy groups -OCH3 is 2. The molecule has 33 heavy (non-hydrogen) atoms. The molecule has 0 radical (unpaired) electrons. The van der Waals surface area contributed by atoms with E-state index in [1.807, 2.05) is 0 Å². The molecule has 0 heterocycles. The quantitative estimate of drug-likeness (QED) is 0.307. The number of nitro groups is 1. The average molecular weight is 448 g/mol. The Hall–Kier alpha value is -4.73. The van der Waals surface area contributed by atoms with Crippen molar-refractivity contribution in [1.82, 2.24) is 5.43 Å². The minimum atomic E-state index is -0.570. The van der Waals surface area contributed by atoms with Crippen molar-refractivity contribution in [2.24, 2.45) is 5.10 Å². The van der Waals surface area contributed by atoms with E-state index in [1.54, 1.807) is 36.4 Å². The Morgan fingerprint density at radius 1 is 0.939 bits per heavy atom. The number of hydrogen-bond acceptors (Lipinski definition) is 7. The number of nitrogens with one attached hydrogen (secondary N) is 2. The number of ether oxygens (including phenoxy) is 2. The number of carbonyl (C=O) groups is 2. The van der Waals surface area contributed by atoms with Gasteiger partial charge in [0.25, 0.3) is 17.5 Å². The van der Waals surface area contributed by atoms with Crippen LogP contribution in [0.15, 0.2) is 71.8 Å². The molecule has 0 spiro atoms. The predicted molar refractivity (Wildman–Crippen MR) is 122 cm³/mol. The number of hydrogen-bond donors (Lipinski definition) is 2. The molecule has 2 N–H and O–H groups in total. The van der Waals surface area contributed by atoms with Gasteiger partial charge < -0.3 is 14.8 Å². The van der Waals surface area contributed by atoms with Gasteiger partial charge in [0.05, 0.1) is 36.6 Å². The van der Waals surface area contributed by atoms with E-state index in [4.69, 9.17) is 9.47 Å². The molecule has 0 aromatic heterocycles. The first-order valence-corrected chi connectivity index (χ1v) is 9.63. The highest BCUT2D eigenvalue weighted by atomic mass is 16.6. The van der Waals surface area contributed by atoms with E-state index in [0.717, 1.165) is 0 Å². The van der Waals surface area contributed by atoms with Crippen molar-refractivity contribution < 1.29 is 24.0 Å². The summed E-state index contributed by atoms with van der Waals surface area (Å²) in [6, 6.07) is 16.9. The standard InChI is InChI=1S/C23H20N4O6/c1-32-20-11-10-16(13-21(20)33-2)22(28)25-19-9-4-3-8-18(19)23(29)26-24-14-15-6-5-7-17(12-15)27(30)31/h3-14H,1-2H3,(H,25,28)(H,26,29)/b24-14-. The summed E-state index contributed by atoms with van der Waals surface area (Å²) in [4.78, 5) is 35.7. The molecule has 0 aliphatic rings. The molecule has 0 unspecified atom stereocenters. The summed E-state index contributed by atoms with van der Waals surface area (Å²) in [5.74, 6) is -0.140. The maximum atomic E-state index is 12.7. The molecule has 0 fully saturated rings. The van der Waals surface area contributed by atoms with Crippen LogP contribution in [-0.4, -0.2) is 37.2 Å². The van der Waals surface area contributed by atoms with Crippen LogP contribution in [-0.2, 0) is 0 Å². The normalized spacial score (nSPS) is 10.5. The van der Waals surface area contributed by atoms with E-state index in [-0.39, 0.29) is 16.9 Å². The Morgan fingerprint density at radius 3 is 2.42 bits per heavy atom. The van der Waals surface area contributed by atoms with Crippen molar-refractivity contribution in [1.29, 1.82) is 0 Å². The third-order valence-corrected chi connectivity index (χ3v) is 4.53. The molecule has 10 nitrogen and oxygen atoms in total. The van der Waals surface area contributed by atoms with E-state index >= 15 is 0 Å². The van der Waals surface area contributed by atoms with Crippen molar-refractivity contribution in [3.05, 3.63) is 93.5 Å². The Labute approximate surface area is 189 Å². The molecule has 0 aliphatic carbocycles. The maximum absolute atomic E-state index is 12.7. The smallest absolute Gasteiger partial charge is 0.273 e. The van der Waals surface area contributed by atoms with Gasteiger partial charge >= 0.3 is 0 Å². The second-order valence-electron chi connectivity index (χ2n) is 6.62. The Morgan fingerprint density at radius 2 is 1.70 bits per heavy atom. The lowest BCUT2D eigenvalue weighted by atomic mass is 10.1. The second-order valence-corrected chi connectivity index (χ2v) is 6.62. The van der Waals surface area contributed by atoms with E-state index in [1.165, 1.54) is 50.8 Å². The molecule has 0 aliphatic heterocycles. The Bertz CT molecular complexity index is 1230. The number of amides is 2. The van der Waals surface area contributed by atoms with Crippen LogP contribution in [0.3, 0.4) is 0 Å². The first-order chi connectivity index (χ1) is 15.9. The monoisotopic (exact) mass is 448 g/mol. The topological polar surface area (TPSA) is 132 Å². The van der Waals surface area contributed by atoms with E-state index in [2.05, 4.69) is 15.8 Å². The molecule has 0 atom stereocenters. The molecule has 0 bridgehead atoms. The number of benzene rings is 3. The van der Waals surface area contributed by atoms with Crippen LogP contribution in [0.2, 0.25) is 0 Å². The van der Waals surface area contributed by atoms with Crippen molar-refractivity contribution in [2.75, 3.05) is 19.5 Å². The summed E-state index contributed by atoms with van der Waals surface area (Å²) < 4.78 is 10.4. The lowest BCUT2D eigenvalue weighted by Crippen LogP contribution is -2.21. The van der Waals surface area contributed by atoms with Crippen LogP contribution in [0.4, 0.5) is 11.4 Å². The molecular weight excluding hydrogens is 428 g/mol. The van der Waals surface area contributed by atoms with E-state index in [0.29, 0.717) is 22.6 Å². The third kappa shape index (κ3) is 5.70. The van der Waals surface area contributed by atoms with Gasteiger partial charge in [0, 0.05) is 23.3 Å². The van der Waals surface area contributed by atoms with Gasteiger partial charge in [-0.15, -0.1) is 0 Å². The minimum Gasteiger partial charge on any atom is -0.493 e. The van der Waals surface area contributed by atoms with Gasteiger partial charge in [-0.2, -0.15) is 5.10 Å². The average Bonchev–Trinajstić information content (AvgIpc) is 2.83. The molecule has 3 rings (SSSR count). The van der Waals surface area contributed by atoms with Crippen LogP contribution < -0.4 is 20.2 Å². The number of rotatable bonds is 8. The largest absolute Gasteiger partial charge is 0.493 e. The highest BCUT2D eigenvalue weighted by Gasteiger charge is 2.15. The molecule has 0 saturated heterocycles. The third-order valence-electron chi connectivity index (χ3n) is 4.53. The van der Waals surface area contributed by atoms with Crippen LogP contribution in [0.1, 0.15) is 26.3 Å². The summed E-state index contributed by atoms with van der Waals surface area (Å²) in [5, 5.41) is 17.4. The van der Waals surface area contributed by atoms with Crippen molar-refractivity contribution in [3.63, 3.8) is 0 Å². The highest BCUT2D eigenvalue weighted by molar-refractivity contribution is 6.09. The molecule has 2 amide bonds. The number of non-ortho nitro benzene ring substituents is 1. The summed E-state index contributed by atoms with van der Waals surface area (Å²) in [6.07, 6.45) is 1.29. The zero-order valence-electron chi connectivity index (χ0n) is 17.8. The van der Waals surface area contributed by atoms with Gasteiger partial charge in [0.2, 0.25) is 0 Å². The molecule has 3 aromatic rings. The Kier molecular flexibility index (Phi) is 7.32. The lowest BCUT2D eigenvalue weighted by Gasteiger charge is -2.12. The van der Waals surface area contributed by atoms with Crippen LogP contribution in [0.5, 0.6) is 11.5 Å². The van der Waals surface area contributed by atoms with Crippen LogP contribution in [0.25, 0.3) is 0 Å². The number of nitro benzene ring substituents is 1. The number of carbonyl (C=O) groups excluding carboxylic acids is 2. The van der Waals surface area contributed by atoms with Gasteiger partial charge in [0.15, 0.2) is 11.5 Å². The van der Waals surface area contributed by atoms with E-state index in [9.17, 15) is 19.7 Å². The molecule has 3 aromatic carbocycles. The van der Waals surface area contributed by atoms with Crippen LogP contribution >= 0.6 is 0 Å². The van der Waals surface area contributed by atoms with Gasteiger partial charge in [-0.05, 0) is 30.3 Å². The fraction of sp³-hybridized carbons (Fsp3) is 0.0870. The summed E-state index contributed by atoms with van der Waals surface area (Å²) in [6.45, 7) is 0. The summed E-state index contributed by atoms with van der Waals surface area (Å²) in [5.41, 5.74) is 3.48. The highest BCUT2D eigenvalue weighted by Crippen LogP contribution is 2.28. The van der Waals surface area contributed by atoms with Crippen molar-refractivity contribution in [2.45, 2.75) is 0 Å². The summed E-state index contributed by atoms with van der Waals surface area (Å²) in [7, 11) is 2.96. The zero-order valence-corrected chi connectivity index (χ0v) is 17.8. The fourth-order valence-electron chi connectivity index (χ4n) is 2.91. The number of hydrazone groups is 1. The first-order valence-electron chi connectivity index (χ1n) is 9.63. The van der Waals surface area contributed by atoms with Gasteiger partial charge in [-0.1, -0.05) is 24.3 Å². The zero-order chi connectivity index (χ0) is 23.8. The predicted octanol–water partition coefficient (Wildman–Crippen LogP) is 3.63. The maximum Gasteiger partial charge on any atom is 0.273 e. The number of anilines is 1. The summed E-state index contributed by atoms with van der Waals surface area (Å²) >= 11 is 0. The number of nitrogens with zero attached hydrogens (tertiary/aromatic N) is 2. The Balaban J connectivity index is 1.73. The van der Waals surface area contributed by atoms with Crippen molar-refractivity contribution >= 4 is 29.4 Å². The fourth-order valence-corrected chi connectivity index (χ4v) is 2.91. The molecule has 168 valence electrons. The van der Waals surface area contributed by atoms with Gasteiger partial charge in [-0.3, -0.25) is 19.7 Å². The number of para-hydroxylation sites is 1. The SMILES string of the molecule is COc1ccc(C(=O)Nc2ccccc2C(=O)N/N=C\c2cccc([N+](=O)[O-])c2)cc1OC. The molecule has 10 heteroatoms. The van der Waals surface area contributed by atoms with Crippen molar-refractivity contribution in [3.8, 4) is 11.5 Å². The van der Waals surface area contributed by atoms with Crippen LogP contribution in [0, 0.1) is 10.1 Å². The minimum absolute atomic E-state index is 0.0894. The van der Waals surface area contributed by atoms with E-state index < -0.39 is 16.7 Å². The van der Waals surface area contributed by atoms with Gasteiger partial charge in [0.1, 0.15) is 0 Å². The molecular formula is C23H20N4O6. The molecule has 0 saturated carbocycles. The first kappa shape index (κ1) is 22.9.